The van der Waals surface area contributed by atoms with Crippen molar-refractivity contribution in [3.63, 3.8) is 0 Å². The Morgan fingerprint density at radius 1 is 0.958 bits per heavy atom. The Morgan fingerprint density at radius 2 is 1.58 bits per heavy atom. The third-order valence-corrected chi connectivity index (χ3v) is 5.11. The minimum atomic E-state index is 0. The summed E-state index contributed by atoms with van der Waals surface area (Å²) < 4.78 is 0. The second-order valence-electron chi connectivity index (χ2n) is 7.02. The van der Waals surface area contributed by atoms with E-state index in [1.54, 1.807) is 0 Å². The van der Waals surface area contributed by atoms with Crippen molar-refractivity contribution in [3.8, 4) is 0 Å². The van der Waals surface area contributed by atoms with Crippen molar-refractivity contribution < 1.29 is 0 Å². The van der Waals surface area contributed by atoms with Crippen LogP contribution in [0.2, 0.25) is 0 Å². The van der Waals surface area contributed by atoms with Gasteiger partial charge in [-0.15, -0.1) is 24.0 Å². The molecule has 2 fully saturated rings. The van der Waals surface area contributed by atoms with Crippen LogP contribution in [0.1, 0.15) is 51.9 Å². The van der Waals surface area contributed by atoms with Gasteiger partial charge in [0.2, 0.25) is 0 Å². The Morgan fingerprint density at radius 3 is 2.17 bits per heavy atom. The molecule has 0 aromatic rings. The topological polar surface area (TPSA) is 42.9 Å². The van der Waals surface area contributed by atoms with E-state index in [0.717, 1.165) is 19.0 Å². The first kappa shape index (κ1) is 22.0. The summed E-state index contributed by atoms with van der Waals surface area (Å²) in [4.78, 5) is 9.57. The van der Waals surface area contributed by atoms with Gasteiger partial charge in [-0.25, -0.2) is 0 Å². The van der Waals surface area contributed by atoms with Crippen LogP contribution in [0.15, 0.2) is 4.99 Å². The molecule has 2 aliphatic heterocycles. The summed E-state index contributed by atoms with van der Waals surface area (Å²) in [5, 5.41) is 7.12. The molecule has 0 atom stereocenters. The number of guanidine groups is 1. The van der Waals surface area contributed by atoms with E-state index in [9.17, 15) is 0 Å². The molecule has 0 spiro atoms. The van der Waals surface area contributed by atoms with E-state index in [1.165, 1.54) is 77.7 Å². The van der Waals surface area contributed by atoms with Gasteiger partial charge in [-0.1, -0.05) is 19.8 Å². The van der Waals surface area contributed by atoms with Crippen LogP contribution in [0.25, 0.3) is 0 Å². The third kappa shape index (κ3) is 8.34. The Labute approximate surface area is 166 Å². The van der Waals surface area contributed by atoms with E-state index < -0.39 is 0 Å². The summed E-state index contributed by atoms with van der Waals surface area (Å²) >= 11 is 0. The van der Waals surface area contributed by atoms with Crippen LogP contribution >= 0.6 is 24.0 Å². The molecule has 2 heterocycles. The molecule has 0 bridgehead atoms. The molecule has 0 unspecified atom stereocenters. The highest BCUT2D eigenvalue weighted by Gasteiger charge is 2.19. The van der Waals surface area contributed by atoms with Gasteiger partial charge >= 0.3 is 0 Å². The minimum absolute atomic E-state index is 0. The number of hydrogen-bond donors (Lipinski definition) is 2. The summed E-state index contributed by atoms with van der Waals surface area (Å²) in [6.45, 7) is 10.6. The SMILES string of the molecule is CCCN1CCC(NC(=NC)NCCN2CCCCCC2)CC1.I. The van der Waals surface area contributed by atoms with E-state index in [-0.39, 0.29) is 24.0 Å². The molecule has 0 amide bonds. The number of hydrogen-bond acceptors (Lipinski definition) is 3. The Hall–Kier alpha value is -0.0800. The van der Waals surface area contributed by atoms with Gasteiger partial charge < -0.3 is 20.4 Å². The fraction of sp³-hybridized carbons (Fsp3) is 0.944. The zero-order valence-electron chi connectivity index (χ0n) is 15.7. The normalized spacial score (nSPS) is 21.8. The lowest BCUT2D eigenvalue weighted by Gasteiger charge is -2.33. The van der Waals surface area contributed by atoms with Crippen molar-refractivity contribution >= 4 is 29.9 Å². The first-order chi connectivity index (χ1) is 11.3. The third-order valence-electron chi connectivity index (χ3n) is 5.11. The van der Waals surface area contributed by atoms with Gasteiger partial charge in [0.15, 0.2) is 5.96 Å². The lowest BCUT2D eigenvalue weighted by molar-refractivity contribution is 0.206. The minimum Gasteiger partial charge on any atom is -0.355 e. The number of piperidine rings is 1. The molecule has 5 nitrogen and oxygen atoms in total. The predicted molar refractivity (Wildman–Crippen MR) is 115 cm³/mol. The highest BCUT2D eigenvalue weighted by atomic mass is 127. The quantitative estimate of drug-likeness (QED) is 0.370. The maximum absolute atomic E-state index is 4.40. The second kappa shape index (κ2) is 13.2. The molecule has 0 aromatic heterocycles. The second-order valence-corrected chi connectivity index (χ2v) is 7.02. The van der Waals surface area contributed by atoms with E-state index in [1.807, 2.05) is 7.05 Å². The summed E-state index contributed by atoms with van der Waals surface area (Å²) in [5.41, 5.74) is 0. The fourth-order valence-electron chi connectivity index (χ4n) is 3.70. The van der Waals surface area contributed by atoms with Gasteiger partial charge in [-0.2, -0.15) is 0 Å². The molecule has 142 valence electrons. The van der Waals surface area contributed by atoms with Crippen LogP contribution in [0.5, 0.6) is 0 Å². The van der Waals surface area contributed by atoms with Crippen molar-refractivity contribution in [1.29, 1.82) is 0 Å². The molecule has 0 aliphatic carbocycles. The van der Waals surface area contributed by atoms with Crippen molar-refractivity contribution in [3.05, 3.63) is 0 Å². The van der Waals surface area contributed by atoms with Crippen LogP contribution in [0, 0.1) is 0 Å². The van der Waals surface area contributed by atoms with Crippen molar-refractivity contribution in [2.45, 2.75) is 57.9 Å². The predicted octanol–water partition coefficient (Wildman–Crippen LogP) is 2.52. The smallest absolute Gasteiger partial charge is 0.191 e. The molecule has 0 radical (unpaired) electrons. The molecule has 6 heteroatoms. The van der Waals surface area contributed by atoms with Crippen molar-refractivity contribution in [2.24, 2.45) is 4.99 Å². The van der Waals surface area contributed by atoms with Gasteiger partial charge in [0.1, 0.15) is 0 Å². The van der Waals surface area contributed by atoms with Crippen LogP contribution in [0.3, 0.4) is 0 Å². The fourth-order valence-corrected chi connectivity index (χ4v) is 3.70. The number of nitrogens with one attached hydrogen (secondary N) is 2. The molecule has 2 aliphatic rings. The van der Waals surface area contributed by atoms with Gasteiger partial charge in [-0.3, -0.25) is 4.99 Å². The molecule has 24 heavy (non-hydrogen) atoms. The Kier molecular flexibility index (Phi) is 12.0. The van der Waals surface area contributed by atoms with Gasteiger partial charge in [0.25, 0.3) is 0 Å². The maximum atomic E-state index is 4.40. The van der Waals surface area contributed by atoms with E-state index >= 15 is 0 Å². The van der Waals surface area contributed by atoms with Gasteiger partial charge in [0, 0.05) is 39.3 Å². The lowest BCUT2D eigenvalue weighted by atomic mass is 10.1. The van der Waals surface area contributed by atoms with Crippen LogP contribution in [-0.2, 0) is 0 Å². The zero-order chi connectivity index (χ0) is 16.3. The van der Waals surface area contributed by atoms with Crippen LogP contribution in [0.4, 0.5) is 0 Å². The maximum Gasteiger partial charge on any atom is 0.191 e. The van der Waals surface area contributed by atoms with Crippen LogP contribution in [-0.4, -0.2) is 74.7 Å². The molecule has 0 aromatic carbocycles. The summed E-state index contributed by atoms with van der Waals surface area (Å²) in [6.07, 6.45) is 9.26. The molecule has 2 rings (SSSR count). The standard InChI is InChI=1S/C18H37N5.HI/c1-3-11-22-14-8-17(9-15-22)21-18(19-2)20-10-16-23-12-6-4-5-7-13-23;/h17H,3-16H2,1-2H3,(H2,19,20,21);1H. The van der Waals surface area contributed by atoms with Gasteiger partial charge in [-0.05, 0) is 51.7 Å². The highest BCUT2D eigenvalue weighted by molar-refractivity contribution is 14.0. The van der Waals surface area contributed by atoms with E-state index in [0.29, 0.717) is 6.04 Å². The average Bonchev–Trinajstić information content (AvgIpc) is 2.84. The number of halogens is 1. The van der Waals surface area contributed by atoms with Crippen molar-refractivity contribution in [1.82, 2.24) is 20.4 Å². The zero-order valence-corrected chi connectivity index (χ0v) is 18.1. The lowest BCUT2D eigenvalue weighted by Crippen LogP contribution is -2.49. The monoisotopic (exact) mass is 451 g/mol. The van der Waals surface area contributed by atoms with E-state index in [2.05, 4.69) is 32.3 Å². The Balaban J connectivity index is 0.00000288. The number of rotatable bonds is 6. The highest BCUT2D eigenvalue weighted by Crippen LogP contribution is 2.10. The van der Waals surface area contributed by atoms with Crippen molar-refractivity contribution in [2.75, 3.05) is 52.9 Å². The summed E-state index contributed by atoms with van der Waals surface area (Å²) in [7, 11) is 1.88. The first-order valence-electron chi connectivity index (χ1n) is 9.73. The number of aliphatic imine (C=N–C) groups is 1. The first-order valence-corrected chi connectivity index (χ1v) is 9.73. The molecular formula is C18H38IN5. The van der Waals surface area contributed by atoms with Crippen LogP contribution < -0.4 is 10.6 Å². The molecule has 0 saturated carbocycles. The summed E-state index contributed by atoms with van der Waals surface area (Å²) in [5.74, 6) is 0.980. The largest absolute Gasteiger partial charge is 0.355 e. The van der Waals surface area contributed by atoms with E-state index in [4.69, 9.17) is 0 Å². The van der Waals surface area contributed by atoms with Gasteiger partial charge in [0.05, 0.1) is 0 Å². The molecule has 2 N–H and O–H groups in total. The summed E-state index contributed by atoms with van der Waals surface area (Å²) in [6, 6.07) is 0.576. The number of likely N-dealkylation sites (tertiary alicyclic amines) is 2. The average molecular weight is 451 g/mol. The Bertz CT molecular complexity index is 334. The molecule has 2 saturated heterocycles. The number of nitrogens with zero attached hydrogens (tertiary/aromatic N) is 3. The molecular weight excluding hydrogens is 413 g/mol.